The minimum atomic E-state index is -3.39. The minimum Gasteiger partial charge on any atom is -0.305 e. The quantitative estimate of drug-likeness (QED) is 0.112. The van der Waals surface area contributed by atoms with Crippen molar-refractivity contribution in [1.82, 2.24) is 9.97 Å². The van der Waals surface area contributed by atoms with Crippen molar-refractivity contribution in [2.75, 3.05) is 0 Å². The molecule has 10 rings (SSSR count). The number of hydrogen-bond acceptors (Lipinski definition) is 3. The fraction of sp³-hybridized carbons (Fsp3) is 0. The largest absolute Gasteiger partial charge is 0.305 e. The van der Waals surface area contributed by atoms with Crippen molar-refractivity contribution in [1.29, 1.82) is 0 Å². The van der Waals surface area contributed by atoms with Crippen molar-refractivity contribution in [2.24, 2.45) is 0 Å². The first-order valence-electron chi connectivity index (χ1n) is 17.3. The van der Waals surface area contributed by atoms with Gasteiger partial charge in [0.15, 0.2) is 8.07 Å². The number of benzene rings is 7. The Kier molecular flexibility index (Phi) is 6.79. The molecule has 0 N–H and O–H groups in total. The maximum absolute atomic E-state index is 15.4. The van der Waals surface area contributed by atoms with E-state index < -0.39 is 15.2 Å². The van der Waals surface area contributed by atoms with Gasteiger partial charge in [-0.3, -0.25) is 9.97 Å². The molecule has 1 aliphatic rings. The second kappa shape index (κ2) is 11.6. The lowest BCUT2D eigenvalue weighted by Crippen LogP contribution is -2.72. The van der Waals surface area contributed by atoms with Gasteiger partial charge in [0.1, 0.15) is 10.9 Å². The van der Waals surface area contributed by atoms with Gasteiger partial charge in [-0.2, -0.15) is 0 Å². The van der Waals surface area contributed by atoms with E-state index in [2.05, 4.69) is 143 Å². The van der Waals surface area contributed by atoms with Crippen molar-refractivity contribution in [3.8, 4) is 11.1 Å². The SMILES string of the molecule is O=P(c1ccc2c(c1)c1ccccc1c1cc3c(cc21)[Si](c1ccccc1)(c1ccccc1)c1ccccc1-3)(c1ccccn1)c1ccccn1. The third kappa shape index (κ3) is 4.27. The first-order chi connectivity index (χ1) is 25.2. The molecule has 0 bridgehead atoms. The molecule has 1 aliphatic heterocycles. The van der Waals surface area contributed by atoms with Gasteiger partial charge in [0, 0.05) is 17.7 Å². The minimum absolute atomic E-state index is 0.533. The van der Waals surface area contributed by atoms with Crippen molar-refractivity contribution < 1.29 is 4.57 Å². The molecule has 0 aliphatic carbocycles. The van der Waals surface area contributed by atoms with Gasteiger partial charge in [-0.1, -0.05) is 140 Å². The zero-order chi connectivity index (χ0) is 34.0. The molecular formula is C46H31N2OPSi. The number of rotatable bonds is 5. The average Bonchev–Trinajstić information content (AvgIpc) is 3.51. The zero-order valence-corrected chi connectivity index (χ0v) is 29.5. The van der Waals surface area contributed by atoms with Crippen LogP contribution in [-0.4, -0.2) is 18.0 Å². The lowest BCUT2D eigenvalue weighted by molar-refractivity contribution is 0.591. The van der Waals surface area contributed by atoms with Crippen molar-refractivity contribution in [2.45, 2.75) is 0 Å². The molecule has 5 heteroatoms. The van der Waals surface area contributed by atoms with E-state index in [0.717, 1.165) is 21.5 Å². The Morgan fingerprint density at radius 2 is 0.902 bits per heavy atom. The van der Waals surface area contributed by atoms with Crippen molar-refractivity contribution in [3.05, 3.63) is 188 Å². The number of fused-ring (bicyclic) bond motifs is 9. The third-order valence-electron chi connectivity index (χ3n) is 10.7. The monoisotopic (exact) mass is 686 g/mol. The lowest BCUT2D eigenvalue weighted by atomic mass is 9.92. The van der Waals surface area contributed by atoms with Gasteiger partial charge < -0.3 is 4.57 Å². The molecule has 3 nitrogen and oxygen atoms in total. The van der Waals surface area contributed by atoms with Crippen LogP contribution in [0, 0.1) is 0 Å². The summed E-state index contributed by atoms with van der Waals surface area (Å²) in [5, 5.41) is 13.3. The van der Waals surface area contributed by atoms with Crippen LogP contribution in [0.15, 0.2) is 188 Å². The molecule has 0 radical (unpaired) electrons. The average molecular weight is 687 g/mol. The molecule has 240 valence electrons. The van der Waals surface area contributed by atoms with Crippen LogP contribution in [0.5, 0.6) is 0 Å². The molecule has 51 heavy (non-hydrogen) atoms. The molecule has 9 aromatic rings. The fourth-order valence-corrected chi connectivity index (χ4v) is 16.1. The third-order valence-corrected chi connectivity index (χ3v) is 18.4. The topological polar surface area (TPSA) is 42.9 Å². The molecule has 0 saturated carbocycles. The number of pyridine rings is 2. The highest BCUT2D eigenvalue weighted by molar-refractivity contribution is 7.85. The molecule has 3 heterocycles. The first kappa shape index (κ1) is 29.9. The molecule has 2 aromatic heterocycles. The maximum atomic E-state index is 15.4. The van der Waals surface area contributed by atoms with Crippen molar-refractivity contribution >= 4 is 84.5 Å². The maximum Gasteiger partial charge on any atom is 0.205 e. The van der Waals surface area contributed by atoms with Crippen LogP contribution in [0.1, 0.15) is 0 Å². The standard InChI is InChI=1S/C46H31N2OPSi/c49-50(45-23-11-13-27-47-45,46-24-12-14-28-48-46)32-25-26-37-39(29-32)35-19-7-8-20-36(35)40-30-42-38-21-9-10-22-43(38)51(44(42)31-41(37)40,33-15-3-1-4-16-33)34-17-5-2-6-18-34/h1-31H. The highest BCUT2D eigenvalue weighted by Crippen LogP contribution is 2.44. The van der Waals surface area contributed by atoms with Gasteiger partial charge in [0.2, 0.25) is 7.14 Å². The summed E-state index contributed by atoms with van der Waals surface area (Å²) in [5.41, 5.74) is 3.70. The van der Waals surface area contributed by atoms with Gasteiger partial charge in [0.25, 0.3) is 0 Å². The van der Waals surface area contributed by atoms with E-state index in [1.54, 1.807) is 12.4 Å². The molecule has 0 fully saturated rings. The summed E-state index contributed by atoms with van der Waals surface area (Å²) in [5.74, 6) is 0. The van der Waals surface area contributed by atoms with E-state index in [9.17, 15) is 0 Å². The second-order valence-electron chi connectivity index (χ2n) is 13.2. The summed E-state index contributed by atoms with van der Waals surface area (Å²) in [6.45, 7) is 0. The van der Waals surface area contributed by atoms with Crippen LogP contribution in [0.3, 0.4) is 0 Å². The molecule has 0 spiro atoms. The van der Waals surface area contributed by atoms with Crippen LogP contribution in [0.4, 0.5) is 0 Å². The Bertz CT molecular complexity index is 2740. The lowest BCUT2D eigenvalue weighted by Gasteiger charge is -2.31. The Hall–Kier alpha value is -5.93. The number of hydrogen-bond donors (Lipinski definition) is 0. The van der Waals surface area contributed by atoms with E-state index in [4.69, 9.17) is 0 Å². The summed E-state index contributed by atoms with van der Waals surface area (Å²) in [6, 6.07) is 62.5. The van der Waals surface area contributed by atoms with Crippen LogP contribution >= 0.6 is 7.14 Å². The predicted octanol–water partition coefficient (Wildman–Crippen LogP) is 6.93. The Morgan fingerprint density at radius 1 is 0.392 bits per heavy atom. The molecule has 7 aromatic carbocycles. The highest BCUT2D eigenvalue weighted by atomic mass is 31.2. The van der Waals surface area contributed by atoms with Gasteiger partial charge in [-0.25, -0.2) is 0 Å². The Balaban J connectivity index is 1.33. The van der Waals surface area contributed by atoms with E-state index in [-0.39, 0.29) is 0 Å². The summed E-state index contributed by atoms with van der Waals surface area (Å²) >= 11 is 0. The molecular weight excluding hydrogens is 656 g/mol. The first-order valence-corrected chi connectivity index (χ1v) is 21.0. The molecule has 0 saturated heterocycles. The van der Waals surface area contributed by atoms with Crippen LogP contribution < -0.4 is 36.9 Å². The van der Waals surface area contributed by atoms with E-state index in [1.807, 2.05) is 42.5 Å². The van der Waals surface area contributed by atoms with Gasteiger partial charge in [-0.05, 0) is 101 Å². The summed E-state index contributed by atoms with van der Waals surface area (Å²) in [4.78, 5) is 9.26. The fourth-order valence-electron chi connectivity index (χ4n) is 8.53. The van der Waals surface area contributed by atoms with Gasteiger partial charge in [0.05, 0.1) is 0 Å². The number of nitrogens with zero attached hydrogens (tertiary/aromatic N) is 2. The van der Waals surface area contributed by atoms with Gasteiger partial charge >= 0.3 is 0 Å². The van der Waals surface area contributed by atoms with Crippen molar-refractivity contribution in [3.63, 3.8) is 0 Å². The summed E-state index contributed by atoms with van der Waals surface area (Å²) < 4.78 is 15.4. The van der Waals surface area contributed by atoms with E-state index in [0.29, 0.717) is 10.9 Å². The van der Waals surface area contributed by atoms with E-state index >= 15 is 4.57 Å². The van der Waals surface area contributed by atoms with Crippen LogP contribution in [0.25, 0.3) is 43.4 Å². The Morgan fingerprint density at radius 3 is 1.51 bits per heavy atom. The summed E-state index contributed by atoms with van der Waals surface area (Å²) in [6.07, 6.45) is 3.42. The molecule has 0 unspecified atom stereocenters. The Labute approximate surface area is 297 Å². The zero-order valence-electron chi connectivity index (χ0n) is 27.6. The molecule has 0 amide bonds. The summed E-state index contributed by atoms with van der Waals surface area (Å²) in [7, 11) is -6.08. The smallest absolute Gasteiger partial charge is 0.205 e. The normalized spacial score (nSPS) is 13.3. The highest BCUT2D eigenvalue weighted by Gasteiger charge is 2.48. The van der Waals surface area contributed by atoms with Gasteiger partial charge in [-0.15, -0.1) is 0 Å². The molecule has 0 atom stereocenters. The van der Waals surface area contributed by atoms with E-state index in [1.165, 1.54) is 48.0 Å². The number of aromatic nitrogens is 2. The predicted molar refractivity (Wildman–Crippen MR) is 217 cm³/mol. The van der Waals surface area contributed by atoms with Crippen LogP contribution in [0.2, 0.25) is 0 Å². The second-order valence-corrected chi connectivity index (χ2v) is 19.6. The van der Waals surface area contributed by atoms with Crippen LogP contribution in [-0.2, 0) is 4.57 Å².